The molecule has 3 aromatic carbocycles. The number of carbonyl (C=O) groups is 1. The quantitative estimate of drug-likeness (QED) is 0.209. The summed E-state index contributed by atoms with van der Waals surface area (Å²) in [4.78, 5) is 25.7. The third kappa shape index (κ3) is 6.51. The van der Waals surface area contributed by atoms with Crippen molar-refractivity contribution in [3.05, 3.63) is 89.5 Å². The molecule has 0 saturated heterocycles. The minimum Gasteiger partial charge on any atom is -0.481 e. The van der Waals surface area contributed by atoms with Gasteiger partial charge in [-0.1, -0.05) is 29.8 Å². The van der Waals surface area contributed by atoms with Crippen LogP contribution >= 0.6 is 22.9 Å². The molecule has 214 valence electrons. The second-order valence-electron chi connectivity index (χ2n) is 11.2. The second-order valence-corrected chi connectivity index (χ2v) is 12.6. The van der Waals surface area contributed by atoms with Crippen LogP contribution in [0.5, 0.6) is 0 Å². The highest BCUT2D eigenvalue weighted by atomic mass is 35.5. The summed E-state index contributed by atoms with van der Waals surface area (Å²) >= 11 is 7.68. The Morgan fingerprint density at radius 3 is 2.31 bits per heavy atom. The maximum absolute atomic E-state index is 11.7. The Kier molecular flexibility index (Phi) is 8.14. The summed E-state index contributed by atoms with van der Waals surface area (Å²) in [5, 5.41) is 19.6. The molecule has 0 radical (unpaired) electrons. The van der Waals surface area contributed by atoms with Crippen LogP contribution in [0.1, 0.15) is 31.9 Å². The van der Waals surface area contributed by atoms with Gasteiger partial charge in [0.25, 0.3) is 0 Å². The van der Waals surface area contributed by atoms with Gasteiger partial charge in [-0.25, -0.2) is 9.97 Å². The van der Waals surface area contributed by atoms with Crippen LogP contribution < -0.4 is 0 Å². The van der Waals surface area contributed by atoms with Crippen molar-refractivity contribution < 1.29 is 15.0 Å². The van der Waals surface area contributed by atoms with E-state index in [0.29, 0.717) is 5.02 Å². The standard InChI is InChI=1S/C29H21ClN4O2S.C4H10O/c1-16-9-24-28(27(22(16)12-26(35)36)17-3-6-21(30)7-4-17)37-29(33-24)20-10-19(13-31-14-20)18-5-8-25-23(11-18)32-15-34(25)2;1-4(2,3)5/h3-11,13-15H,12H2,1-2H3,(H,35,36);5H,1-3H3. The number of rotatable bonds is 5. The maximum Gasteiger partial charge on any atom is 0.307 e. The van der Waals surface area contributed by atoms with Crippen LogP contribution in [0.4, 0.5) is 0 Å². The average molecular weight is 599 g/mol. The van der Waals surface area contributed by atoms with Gasteiger partial charge in [-0.2, -0.15) is 0 Å². The van der Waals surface area contributed by atoms with E-state index >= 15 is 0 Å². The topological polar surface area (TPSA) is 101 Å². The monoisotopic (exact) mass is 598 g/mol. The van der Waals surface area contributed by atoms with Gasteiger partial charge in [0, 0.05) is 41.2 Å². The van der Waals surface area contributed by atoms with E-state index in [4.69, 9.17) is 21.7 Å². The highest BCUT2D eigenvalue weighted by molar-refractivity contribution is 7.22. The molecule has 0 fully saturated rings. The minimum absolute atomic E-state index is 0.0694. The van der Waals surface area contributed by atoms with Crippen LogP contribution in [0.3, 0.4) is 0 Å². The van der Waals surface area contributed by atoms with E-state index in [0.717, 1.165) is 65.2 Å². The summed E-state index contributed by atoms with van der Waals surface area (Å²) in [6.07, 6.45) is 5.39. The first-order valence-corrected chi connectivity index (χ1v) is 14.6. The highest BCUT2D eigenvalue weighted by Gasteiger charge is 2.20. The molecule has 0 bridgehead atoms. The third-order valence-electron chi connectivity index (χ3n) is 6.52. The number of hydrogen-bond donors (Lipinski definition) is 2. The van der Waals surface area contributed by atoms with E-state index in [2.05, 4.69) is 34.2 Å². The Morgan fingerprint density at radius 2 is 1.62 bits per heavy atom. The molecule has 3 aromatic heterocycles. The average Bonchev–Trinajstić information content (AvgIpc) is 3.52. The number of nitrogens with zero attached hydrogens (tertiary/aromatic N) is 4. The summed E-state index contributed by atoms with van der Waals surface area (Å²) in [6, 6.07) is 17.8. The number of thiazole rings is 1. The molecular formula is C33H31ClN4O3S. The first-order valence-electron chi connectivity index (χ1n) is 13.4. The van der Waals surface area contributed by atoms with Gasteiger partial charge in [-0.3, -0.25) is 9.78 Å². The van der Waals surface area contributed by atoms with Gasteiger partial charge in [-0.15, -0.1) is 11.3 Å². The van der Waals surface area contributed by atoms with Crippen molar-refractivity contribution >= 4 is 50.2 Å². The molecule has 0 saturated carbocycles. The number of imidazole rings is 1. The summed E-state index contributed by atoms with van der Waals surface area (Å²) in [6.45, 7) is 7.17. The number of pyridine rings is 1. The predicted molar refractivity (Wildman–Crippen MR) is 171 cm³/mol. The lowest BCUT2D eigenvalue weighted by atomic mass is 9.93. The van der Waals surface area contributed by atoms with Crippen LogP contribution in [-0.4, -0.2) is 41.3 Å². The normalized spacial score (nSPS) is 11.5. The van der Waals surface area contributed by atoms with Crippen LogP contribution in [0.15, 0.2) is 73.3 Å². The first kappa shape index (κ1) is 29.4. The molecule has 6 aromatic rings. The fourth-order valence-electron chi connectivity index (χ4n) is 4.69. The van der Waals surface area contributed by atoms with Crippen molar-refractivity contribution in [2.75, 3.05) is 0 Å². The Balaban J connectivity index is 0.000000652. The van der Waals surface area contributed by atoms with E-state index in [-0.39, 0.29) is 6.42 Å². The fourth-order valence-corrected chi connectivity index (χ4v) is 5.94. The molecular weight excluding hydrogens is 568 g/mol. The van der Waals surface area contributed by atoms with Crippen LogP contribution in [-0.2, 0) is 18.3 Å². The van der Waals surface area contributed by atoms with Crippen molar-refractivity contribution in [1.29, 1.82) is 0 Å². The van der Waals surface area contributed by atoms with E-state index in [9.17, 15) is 9.90 Å². The lowest BCUT2D eigenvalue weighted by molar-refractivity contribution is -0.136. The number of fused-ring (bicyclic) bond motifs is 2. The zero-order chi connectivity index (χ0) is 30.2. The lowest BCUT2D eigenvalue weighted by Crippen LogP contribution is -2.10. The van der Waals surface area contributed by atoms with Crippen molar-refractivity contribution in [3.8, 4) is 32.8 Å². The number of halogens is 1. The van der Waals surface area contributed by atoms with Crippen molar-refractivity contribution in [2.45, 2.75) is 39.7 Å². The van der Waals surface area contributed by atoms with Crippen LogP contribution in [0, 0.1) is 6.92 Å². The Hall–Kier alpha value is -4.11. The first-order chi connectivity index (χ1) is 19.9. The Bertz CT molecular complexity index is 1910. The van der Waals surface area contributed by atoms with Gasteiger partial charge >= 0.3 is 5.97 Å². The van der Waals surface area contributed by atoms with Crippen molar-refractivity contribution in [2.24, 2.45) is 7.05 Å². The molecule has 3 heterocycles. The van der Waals surface area contributed by atoms with Crippen molar-refractivity contribution in [1.82, 2.24) is 19.5 Å². The summed E-state index contributed by atoms with van der Waals surface area (Å²) in [7, 11) is 1.98. The van der Waals surface area contributed by atoms with E-state index in [1.807, 2.05) is 67.6 Å². The van der Waals surface area contributed by atoms with Crippen molar-refractivity contribution in [3.63, 3.8) is 0 Å². The number of benzene rings is 3. The molecule has 2 N–H and O–H groups in total. The number of aryl methyl sites for hydroxylation is 2. The largest absolute Gasteiger partial charge is 0.481 e. The van der Waals surface area contributed by atoms with Gasteiger partial charge in [0.15, 0.2) is 0 Å². The SMILES string of the molecule is CC(C)(C)O.Cc1cc2nc(-c3cncc(-c4ccc5c(c4)ncn5C)c3)sc2c(-c2ccc(Cl)cc2)c1CC(=O)O. The Morgan fingerprint density at radius 1 is 0.952 bits per heavy atom. The number of hydrogen-bond acceptors (Lipinski definition) is 6. The zero-order valence-corrected chi connectivity index (χ0v) is 25.6. The second kappa shape index (κ2) is 11.6. The summed E-state index contributed by atoms with van der Waals surface area (Å²) in [5.74, 6) is -0.871. The maximum atomic E-state index is 11.7. The van der Waals surface area contributed by atoms with Gasteiger partial charge in [0.2, 0.25) is 0 Å². The molecule has 0 aliphatic rings. The smallest absolute Gasteiger partial charge is 0.307 e. The molecule has 0 amide bonds. The van der Waals surface area contributed by atoms with Gasteiger partial charge in [0.05, 0.1) is 39.6 Å². The zero-order valence-electron chi connectivity index (χ0n) is 24.0. The number of aliphatic carboxylic acids is 1. The number of carboxylic acids is 1. The summed E-state index contributed by atoms with van der Waals surface area (Å²) < 4.78 is 2.94. The molecule has 0 aliphatic heterocycles. The fraction of sp³-hybridized carbons (Fsp3) is 0.212. The Labute approximate surface area is 253 Å². The van der Waals surface area contributed by atoms with E-state index in [1.54, 1.807) is 32.1 Å². The van der Waals surface area contributed by atoms with Gasteiger partial charge < -0.3 is 14.8 Å². The van der Waals surface area contributed by atoms with Crippen LogP contribution in [0.25, 0.3) is 54.1 Å². The molecule has 0 unspecified atom stereocenters. The van der Waals surface area contributed by atoms with Crippen LogP contribution in [0.2, 0.25) is 5.02 Å². The molecule has 42 heavy (non-hydrogen) atoms. The third-order valence-corrected chi connectivity index (χ3v) is 7.91. The minimum atomic E-state index is -0.871. The molecule has 6 rings (SSSR count). The number of carboxylic acid groups (broad SMARTS) is 1. The van der Waals surface area contributed by atoms with Gasteiger partial charge in [-0.05, 0) is 86.3 Å². The number of aliphatic hydroxyl groups is 1. The molecule has 9 heteroatoms. The molecule has 0 aliphatic carbocycles. The van der Waals surface area contributed by atoms with E-state index < -0.39 is 11.6 Å². The van der Waals surface area contributed by atoms with E-state index in [1.165, 1.54) is 0 Å². The summed E-state index contributed by atoms with van der Waals surface area (Å²) in [5.41, 5.74) is 8.73. The predicted octanol–water partition coefficient (Wildman–Crippen LogP) is 7.95. The lowest BCUT2D eigenvalue weighted by Gasteiger charge is -2.13. The molecule has 7 nitrogen and oxygen atoms in total. The molecule has 0 atom stereocenters. The van der Waals surface area contributed by atoms with Gasteiger partial charge in [0.1, 0.15) is 5.01 Å². The molecule has 0 spiro atoms. The highest BCUT2D eigenvalue weighted by Crippen LogP contribution is 2.41. The number of aromatic nitrogens is 4.